The van der Waals surface area contributed by atoms with Gasteiger partial charge in [-0.25, -0.2) is 0 Å². The molecule has 0 aliphatic rings. The summed E-state index contributed by atoms with van der Waals surface area (Å²) in [7, 11) is -2.20. The summed E-state index contributed by atoms with van der Waals surface area (Å²) in [4.78, 5) is 4.45. The number of nitrogens with zero attached hydrogens (tertiary/aromatic N) is 2. The molecule has 0 fully saturated rings. The zero-order chi connectivity index (χ0) is 38.0. The molecule has 0 amide bonds. The summed E-state index contributed by atoms with van der Waals surface area (Å²) in [5.74, 6) is 2.45. The Balaban J connectivity index is 2.72. The van der Waals surface area contributed by atoms with Gasteiger partial charge in [0.05, 0.1) is 0 Å². The van der Waals surface area contributed by atoms with Crippen LogP contribution in [0.3, 0.4) is 0 Å². The number of hydrogen-bond acceptors (Lipinski definition) is 0. The summed E-state index contributed by atoms with van der Waals surface area (Å²) in [6.45, 7) is 42.6. The molecule has 0 saturated heterocycles. The number of benzene rings is 3. The first-order valence-electron chi connectivity index (χ1n) is 19.7. The summed E-state index contributed by atoms with van der Waals surface area (Å²) >= 11 is -1.65. The number of hydrogen-bond donors (Lipinski definition) is 0. The summed E-state index contributed by atoms with van der Waals surface area (Å²) in [6, 6.07) is 17.2. The first-order chi connectivity index (χ1) is 23.2. The topological polar surface area (TPSA) is 36.4 Å². The van der Waals surface area contributed by atoms with Crippen LogP contribution in [-0.2, 0) is 0 Å². The minimum absolute atomic E-state index is 0.382. The Kier molecular flexibility index (Phi) is 14.7. The Morgan fingerprint density at radius 1 is 0.500 bits per heavy atom. The third-order valence-corrected chi connectivity index (χ3v) is 25.9. The molecule has 0 atom stereocenters. The maximum absolute atomic E-state index is 11.2. The van der Waals surface area contributed by atoms with E-state index in [1.807, 2.05) is 0 Å². The summed E-state index contributed by atoms with van der Waals surface area (Å²) in [5.41, 5.74) is 26.9. The Morgan fingerprint density at radius 3 is 1.02 bits per heavy atom. The predicted octanol–water partition coefficient (Wildman–Crippen LogP) is 13.9. The van der Waals surface area contributed by atoms with Crippen molar-refractivity contribution in [3.8, 4) is 22.3 Å². The molecule has 272 valence electrons. The molecule has 0 saturated carbocycles. The van der Waals surface area contributed by atoms with E-state index in [0.29, 0.717) is 52.1 Å². The van der Waals surface area contributed by atoms with Crippen LogP contribution in [0.25, 0.3) is 27.8 Å². The Hall–Kier alpha value is -1.94. The van der Waals surface area contributed by atoms with E-state index in [1.54, 1.807) is 0 Å². The fraction of sp³-hybridized carbons (Fsp3) is 0.587. The predicted molar refractivity (Wildman–Crippen MR) is 227 cm³/mol. The molecule has 2 nitrogen and oxygen atoms in total. The van der Waals surface area contributed by atoms with Gasteiger partial charge in [0, 0.05) is 0 Å². The molecular formula is C46H70N2SiSn. The van der Waals surface area contributed by atoms with Gasteiger partial charge in [0.15, 0.2) is 0 Å². The molecule has 0 heterocycles. The van der Waals surface area contributed by atoms with E-state index in [4.69, 9.17) is 0 Å². The van der Waals surface area contributed by atoms with E-state index >= 15 is 0 Å². The average molecular weight is 798 g/mol. The molecule has 0 aromatic heterocycles. The van der Waals surface area contributed by atoms with Crippen LogP contribution in [0, 0.1) is 0 Å². The molecule has 50 heavy (non-hydrogen) atoms. The van der Waals surface area contributed by atoms with Crippen molar-refractivity contribution in [2.45, 2.75) is 177 Å². The van der Waals surface area contributed by atoms with E-state index in [-0.39, 0.29) is 0 Å². The normalized spacial score (nSPS) is 12.7. The van der Waals surface area contributed by atoms with E-state index in [9.17, 15) is 5.53 Å². The van der Waals surface area contributed by atoms with E-state index in [2.05, 4.69) is 172 Å². The Labute approximate surface area is 319 Å². The van der Waals surface area contributed by atoms with E-state index in [0.717, 1.165) is 0 Å². The molecule has 0 bridgehead atoms. The molecule has 3 aromatic rings. The molecule has 0 unspecified atom stereocenters. The van der Waals surface area contributed by atoms with Crippen LogP contribution in [0.5, 0.6) is 0 Å². The van der Waals surface area contributed by atoms with Crippen molar-refractivity contribution in [1.29, 1.82) is 0 Å². The SMILES string of the molecule is CC(C)c1cc(C(C)C)c(-c2cccc(-c3c(C(C)C)cc(C(C)C)cc3C(C)C)[c]2[Sn][C](=[N+]=[N-])[Si](C(C)C)(C(C)C)C(C)C)c(C(C)C)c1. The molecule has 3 aromatic carbocycles. The first-order valence-corrected chi connectivity index (χ1v) is 24.8. The molecular weight excluding hydrogens is 727 g/mol. The molecule has 0 aliphatic carbocycles. The van der Waals surface area contributed by atoms with Gasteiger partial charge < -0.3 is 0 Å². The zero-order valence-corrected chi connectivity index (χ0v) is 39.0. The number of rotatable bonds is 14. The standard InChI is InChI=1S/C36H49.C10H21N2Si.Sn/c1-21(2)29-17-31(23(5)6)35(32(18-29)24(7)8)27-14-13-15-28(16-27)36-33(25(9)10)19-30(22(3)4)20-34(36)26(11)12;1-8(2)13(7-12-11,9(3)4)10(5)6;/h13-15,17-26H,1-12H3;8-10H,1-6H3;. The van der Waals surface area contributed by atoms with Crippen LogP contribution < -0.4 is 3.58 Å². The molecule has 0 aliphatic heterocycles. The van der Waals surface area contributed by atoms with Gasteiger partial charge in [-0.1, -0.05) is 0 Å². The van der Waals surface area contributed by atoms with Gasteiger partial charge in [0.2, 0.25) is 0 Å². The van der Waals surface area contributed by atoms with Crippen LogP contribution in [0.4, 0.5) is 0 Å². The van der Waals surface area contributed by atoms with Gasteiger partial charge in [0.1, 0.15) is 0 Å². The van der Waals surface area contributed by atoms with Crippen LogP contribution in [0.15, 0.2) is 42.5 Å². The van der Waals surface area contributed by atoms with Gasteiger partial charge in [-0.05, 0) is 0 Å². The van der Waals surface area contributed by atoms with Crippen LogP contribution in [0.1, 0.15) is 194 Å². The van der Waals surface area contributed by atoms with Gasteiger partial charge in [-0.2, -0.15) is 0 Å². The second-order valence-electron chi connectivity index (χ2n) is 17.8. The molecule has 3 rings (SSSR count). The van der Waals surface area contributed by atoms with Crippen molar-refractivity contribution in [3.05, 3.63) is 81.4 Å². The molecule has 0 N–H and O–H groups in total. The second kappa shape index (κ2) is 17.3. The first kappa shape index (κ1) is 42.5. The van der Waals surface area contributed by atoms with E-state index in [1.165, 1.54) is 62.6 Å². The summed E-state index contributed by atoms with van der Waals surface area (Å²) in [6.07, 6.45) is 0. The Bertz CT molecular complexity index is 1510. The minimum atomic E-state index is -2.20. The third kappa shape index (κ3) is 8.31. The second-order valence-corrected chi connectivity index (χ2v) is 28.5. The monoisotopic (exact) mass is 798 g/mol. The third-order valence-electron chi connectivity index (χ3n) is 11.5. The van der Waals surface area contributed by atoms with Crippen LogP contribution >= 0.6 is 0 Å². The average Bonchev–Trinajstić information content (AvgIpc) is 3.02. The van der Waals surface area contributed by atoms with Crippen LogP contribution in [-0.4, -0.2) is 37.4 Å². The zero-order valence-electron chi connectivity index (χ0n) is 35.1. The fourth-order valence-electron chi connectivity index (χ4n) is 8.80. The maximum atomic E-state index is 11.2. The van der Waals surface area contributed by atoms with Gasteiger partial charge in [-0.15, -0.1) is 0 Å². The van der Waals surface area contributed by atoms with Crippen molar-refractivity contribution >= 4 is 36.1 Å². The van der Waals surface area contributed by atoms with Gasteiger partial charge in [-0.3, -0.25) is 0 Å². The van der Waals surface area contributed by atoms with Crippen molar-refractivity contribution in [2.24, 2.45) is 0 Å². The quantitative estimate of drug-likeness (QED) is 0.0674. The molecule has 4 heteroatoms. The van der Waals surface area contributed by atoms with Crippen molar-refractivity contribution in [3.63, 3.8) is 0 Å². The van der Waals surface area contributed by atoms with Crippen LogP contribution in [0.2, 0.25) is 16.6 Å². The summed E-state index contributed by atoms with van der Waals surface area (Å²) < 4.78 is 2.70. The van der Waals surface area contributed by atoms with Crippen molar-refractivity contribution < 1.29 is 4.79 Å². The summed E-state index contributed by atoms with van der Waals surface area (Å²) in [5, 5.41) is 0. The fourth-order valence-corrected chi connectivity index (χ4v) is 27.7. The Morgan fingerprint density at radius 2 is 0.800 bits per heavy atom. The van der Waals surface area contributed by atoms with Crippen molar-refractivity contribution in [1.82, 2.24) is 0 Å². The van der Waals surface area contributed by atoms with Crippen molar-refractivity contribution in [2.75, 3.05) is 0 Å². The molecule has 2 radical (unpaired) electrons. The van der Waals surface area contributed by atoms with E-state index < -0.39 is 29.2 Å². The van der Waals surface area contributed by atoms with Gasteiger partial charge >= 0.3 is 321 Å². The van der Waals surface area contributed by atoms with Gasteiger partial charge in [0.25, 0.3) is 0 Å². The molecule has 0 spiro atoms.